The van der Waals surface area contributed by atoms with E-state index in [2.05, 4.69) is 12.0 Å². The normalized spacial score (nSPS) is 10.3. The molecule has 0 aliphatic rings. The predicted octanol–water partition coefficient (Wildman–Crippen LogP) is 3.88. The summed E-state index contributed by atoms with van der Waals surface area (Å²) in [4.78, 5) is 10.3. The first-order chi connectivity index (χ1) is 11.6. The van der Waals surface area contributed by atoms with Crippen LogP contribution >= 0.6 is 0 Å². The van der Waals surface area contributed by atoms with Gasteiger partial charge in [-0.25, -0.2) is 4.68 Å². The standard InChI is InChI=1S/C18H14N4O2/c1-2-13-3-5-14(6-4-13)18-11-15(12-19)20-21(18)16-7-9-17(10-8-16)22(23)24/h3-11H,2H2,1H3. The van der Waals surface area contributed by atoms with Crippen molar-refractivity contribution >= 4 is 5.69 Å². The molecule has 6 nitrogen and oxygen atoms in total. The Morgan fingerprint density at radius 1 is 1.17 bits per heavy atom. The van der Waals surface area contributed by atoms with E-state index in [0.717, 1.165) is 17.7 Å². The van der Waals surface area contributed by atoms with Crippen LogP contribution in [0.1, 0.15) is 18.2 Å². The highest BCUT2D eigenvalue weighted by Gasteiger charge is 2.13. The zero-order chi connectivity index (χ0) is 17.1. The first-order valence-corrected chi connectivity index (χ1v) is 7.46. The molecule has 24 heavy (non-hydrogen) atoms. The van der Waals surface area contributed by atoms with Gasteiger partial charge in [0.05, 0.1) is 16.3 Å². The van der Waals surface area contributed by atoms with Gasteiger partial charge in [-0.3, -0.25) is 10.1 Å². The van der Waals surface area contributed by atoms with E-state index in [-0.39, 0.29) is 5.69 Å². The summed E-state index contributed by atoms with van der Waals surface area (Å²) in [7, 11) is 0. The summed E-state index contributed by atoms with van der Waals surface area (Å²) in [5.41, 5.74) is 3.89. The Hall–Kier alpha value is -3.46. The minimum Gasteiger partial charge on any atom is -0.258 e. The van der Waals surface area contributed by atoms with Crippen LogP contribution in [0.3, 0.4) is 0 Å². The Morgan fingerprint density at radius 3 is 2.38 bits per heavy atom. The summed E-state index contributed by atoms with van der Waals surface area (Å²) < 4.78 is 1.63. The van der Waals surface area contributed by atoms with Crippen molar-refractivity contribution in [2.75, 3.05) is 0 Å². The summed E-state index contributed by atoms with van der Waals surface area (Å²) in [5.74, 6) is 0. The Morgan fingerprint density at radius 2 is 1.83 bits per heavy atom. The molecule has 3 rings (SSSR count). The molecule has 1 aromatic heterocycles. The fourth-order valence-electron chi connectivity index (χ4n) is 2.46. The van der Waals surface area contributed by atoms with Crippen LogP contribution < -0.4 is 0 Å². The molecule has 118 valence electrons. The average molecular weight is 318 g/mol. The fourth-order valence-corrected chi connectivity index (χ4v) is 2.46. The third-order valence-electron chi connectivity index (χ3n) is 3.79. The molecule has 6 heteroatoms. The lowest BCUT2D eigenvalue weighted by Gasteiger charge is -2.08. The maximum absolute atomic E-state index is 10.8. The van der Waals surface area contributed by atoms with E-state index in [1.807, 2.05) is 30.3 Å². The monoisotopic (exact) mass is 318 g/mol. The number of nitriles is 1. The molecule has 0 radical (unpaired) electrons. The lowest BCUT2D eigenvalue weighted by Crippen LogP contribution is -2.00. The van der Waals surface area contributed by atoms with Crippen molar-refractivity contribution in [3.63, 3.8) is 0 Å². The molecule has 0 N–H and O–H groups in total. The summed E-state index contributed by atoms with van der Waals surface area (Å²) in [6.45, 7) is 2.09. The Labute approximate surface area is 138 Å². The van der Waals surface area contributed by atoms with E-state index in [1.54, 1.807) is 22.9 Å². The average Bonchev–Trinajstić information content (AvgIpc) is 3.06. The molecule has 1 heterocycles. The number of benzene rings is 2. The summed E-state index contributed by atoms with van der Waals surface area (Å²) in [6.07, 6.45) is 0.950. The third-order valence-corrected chi connectivity index (χ3v) is 3.79. The number of hydrogen-bond donors (Lipinski definition) is 0. The minimum atomic E-state index is -0.446. The molecule has 0 saturated heterocycles. The van der Waals surface area contributed by atoms with Crippen molar-refractivity contribution in [3.8, 4) is 23.0 Å². The van der Waals surface area contributed by atoms with Crippen LogP contribution in [0, 0.1) is 21.4 Å². The van der Waals surface area contributed by atoms with Crippen LogP contribution in [0.5, 0.6) is 0 Å². The van der Waals surface area contributed by atoms with Crippen LogP contribution in [-0.4, -0.2) is 14.7 Å². The van der Waals surface area contributed by atoms with Gasteiger partial charge in [0, 0.05) is 23.8 Å². The number of non-ortho nitro benzene ring substituents is 1. The molecule has 2 aromatic carbocycles. The van der Waals surface area contributed by atoms with E-state index in [4.69, 9.17) is 5.26 Å². The second-order valence-electron chi connectivity index (χ2n) is 5.26. The summed E-state index contributed by atoms with van der Waals surface area (Å²) in [5, 5.41) is 24.2. The quantitative estimate of drug-likeness (QED) is 0.539. The molecule has 0 saturated carbocycles. The molecule has 0 bridgehead atoms. The van der Waals surface area contributed by atoms with E-state index in [9.17, 15) is 10.1 Å². The van der Waals surface area contributed by atoms with Gasteiger partial charge < -0.3 is 0 Å². The lowest BCUT2D eigenvalue weighted by atomic mass is 10.1. The fraction of sp³-hybridized carbons (Fsp3) is 0.111. The minimum absolute atomic E-state index is 0.0141. The Bertz CT molecular complexity index is 919. The van der Waals surface area contributed by atoms with Crippen LogP contribution in [0.15, 0.2) is 54.6 Å². The van der Waals surface area contributed by atoms with E-state index in [1.165, 1.54) is 17.7 Å². The van der Waals surface area contributed by atoms with Gasteiger partial charge in [0.1, 0.15) is 6.07 Å². The van der Waals surface area contributed by atoms with Gasteiger partial charge in [0.25, 0.3) is 5.69 Å². The number of aromatic nitrogens is 2. The molecular formula is C18H14N4O2. The second-order valence-corrected chi connectivity index (χ2v) is 5.26. The SMILES string of the molecule is CCc1ccc(-c2cc(C#N)nn2-c2ccc([N+](=O)[O-])cc2)cc1. The van der Waals surface area contributed by atoms with Gasteiger partial charge in [-0.05, 0) is 24.1 Å². The molecule has 0 aliphatic heterocycles. The molecule has 0 amide bonds. The summed E-state index contributed by atoms with van der Waals surface area (Å²) >= 11 is 0. The smallest absolute Gasteiger partial charge is 0.258 e. The van der Waals surface area contributed by atoms with Crippen molar-refractivity contribution in [1.29, 1.82) is 5.26 Å². The first-order valence-electron chi connectivity index (χ1n) is 7.46. The number of nitrogens with zero attached hydrogens (tertiary/aromatic N) is 4. The molecular weight excluding hydrogens is 304 g/mol. The van der Waals surface area contributed by atoms with E-state index in [0.29, 0.717) is 11.4 Å². The Kier molecular flexibility index (Phi) is 4.08. The van der Waals surface area contributed by atoms with E-state index < -0.39 is 4.92 Å². The van der Waals surface area contributed by atoms with Crippen molar-refractivity contribution in [2.24, 2.45) is 0 Å². The highest BCUT2D eigenvalue weighted by Crippen LogP contribution is 2.25. The largest absolute Gasteiger partial charge is 0.269 e. The molecule has 3 aromatic rings. The van der Waals surface area contributed by atoms with Gasteiger partial charge in [0.15, 0.2) is 5.69 Å². The van der Waals surface area contributed by atoms with Gasteiger partial charge in [-0.1, -0.05) is 31.2 Å². The first kappa shape index (κ1) is 15.4. The molecule has 0 spiro atoms. The third kappa shape index (κ3) is 2.88. The van der Waals surface area contributed by atoms with Crippen molar-refractivity contribution in [1.82, 2.24) is 9.78 Å². The second kappa shape index (κ2) is 6.34. The summed E-state index contributed by atoms with van der Waals surface area (Å²) in [6, 6.07) is 17.9. The van der Waals surface area contributed by atoms with Crippen LogP contribution in [0.25, 0.3) is 16.9 Å². The number of aryl methyl sites for hydroxylation is 1. The topological polar surface area (TPSA) is 84.8 Å². The zero-order valence-electron chi connectivity index (χ0n) is 13.0. The predicted molar refractivity (Wildman–Crippen MR) is 89.7 cm³/mol. The number of rotatable bonds is 4. The number of hydrogen-bond acceptors (Lipinski definition) is 4. The van der Waals surface area contributed by atoms with Crippen molar-refractivity contribution < 1.29 is 4.92 Å². The zero-order valence-corrected chi connectivity index (χ0v) is 13.0. The van der Waals surface area contributed by atoms with Crippen LogP contribution in [0.2, 0.25) is 0 Å². The maximum atomic E-state index is 10.8. The lowest BCUT2D eigenvalue weighted by molar-refractivity contribution is -0.384. The highest BCUT2D eigenvalue weighted by molar-refractivity contribution is 5.64. The maximum Gasteiger partial charge on any atom is 0.269 e. The van der Waals surface area contributed by atoms with Crippen molar-refractivity contribution in [2.45, 2.75) is 13.3 Å². The van der Waals surface area contributed by atoms with E-state index >= 15 is 0 Å². The molecule has 0 atom stereocenters. The number of nitro groups is 1. The molecule has 0 aliphatic carbocycles. The van der Waals surface area contributed by atoms with Crippen LogP contribution in [0.4, 0.5) is 5.69 Å². The molecule has 0 unspecified atom stereocenters. The highest BCUT2D eigenvalue weighted by atomic mass is 16.6. The van der Waals surface area contributed by atoms with Gasteiger partial charge in [0.2, 0.25) is 0 Å². The molecule has 0 fully saturated rings. The van der Waals surface area contributed by atoms with Gasteiger partial charge in [-0.2, -0.15) is 10.4 Å². The van der Waals surface area contributed by atoms with Gasteiger partial charge >= 0.3 is 0 Å². The van der Waals surface area contributed by atoms with Crippen molar-refractivity contribution in [3.05, 3.63) is 76.0 Å². The number of nitro benzene ring substituents is 1. The van der Waals surface area contributed by atoms with Gasteiger partial charge in [-0.15, -0.1) is 0 Å². The Balaban J connectivity index is 2.08. The van der Waals surface area contributed by atoms with Crippen LogP contribution in [-0.2, 0) is 6.42 Å².